The number of nitrogens with zero attached hydrogens (tertiary/aromatic N) is 1. The summed E-state index contributed by atoms with van der Waals surface area (Å²) in [4.78, 5) is 2.59. The van der Waals surface area contributed by atoms with Crippen molar-refractivity contribution in [3.63, 3.8) is 0 Å². The van der Waals surface area contributed by atoms with E-state index in [0.717, 1.165) is 23.4 Å². The van der Waals surface area contributed by atoms with Crippen molar-refractivity contribution in [2.75, 3.05) is 13.1 Å². The van der Waals surface area contributed by atoms with Crippen molar-refractivity contribution >= 4 is 15.9 Å². The lowest BCUT2D eigenvalue weighted by Gasteiger charge is -2.37. The Balaban J connectivity index is 1.87. The minimum Gasteiger partial charge on any atom is -0.324 e. The summed E-state index contributed by atoms with van der Waals surface area (Å²) in [5.41, 5.74) is 7.55. The van der Waals surface area contributed by atoms with E-state index in [4.69, 9.17) is 5.73 Å². The molecule has 1 aliphatic rings. The molecule has 1 fully saturated rings. The third-order valence-corrected chi connectivity index (χ3v) is 5.03. The average molecular weight is 325 g/mol. The van der Waals surface area contributed by atoms with E-state index >= 15 is 0 Å². The first-order valence-corrected chi connectivity index (χ1v) is 8.11. The smallest absolute Gasteiger partial charge is 0.0318 e. The minimum absolute atomic E-state index is 0.127. The second-order valence-electron chi connectivity index (χ2n) is 5.93. The predicted molar refractivity (Wildman–Crippen MR) is 85.1 cm³/mol. The number of hydrogen-bond donors (Lipinski definition) is 1. The Bertz CT molecular complexity index is 407. The van der Waals surface area contributed by atoms with Crippen LogP contribution in [0, 0.1) is 5.92 Å². The monoisotopic (exact) mass is 324 g/mol. The van der Waals surface area contributed by atoms with E-state index in [9.17, 15) is 0 Å². The van der Waals surface area contributed by atoms with Crippen LogP contribution >= 0.6 is 15.9 Å². The number of rotatable bonds is 4. The molecule has 0 saturated carbocycles. The molecule has 2 rings (SSSR count). The van der Waals surface area contributed by atoms with Gasteiger partial charge >= 0.3 is 0 Å². The zero-order valence-corrected chi connectivity index (χ0v) is 13.6. The van der Waals surface area contributed by atoms with Crippen LogP contribution in [0.2, 0.25) is 0 Å². The van der Waals surface area contributed by atoms with E-state index in [0.29, 0.717) is 6.04 Å². The fourth-order valence-electron chi connectivity index (χ4n) is 3.02. The highest BCUT2D eigenvalue weighted by Crippen LogP contribution is 2.26. The molecule has 2 N–H and O–H groups in total. The van der Waals surface area contributed by atoms with Crippen molar-refractivity contribution in [2.24, 2.45) is 11.7 Å². The van der Waals surface area contributed by atoms with Gasteiger partial charge in [-0.05, 0) is 50.3 Å². The molecule has 19 heavy (non-hydrogen) atoms. The van der Waals surface area contributed by atoms with Crippen LogP contribution in [0.25, 0.3) is 0 Å². The van der Waals surface area contributed by atoms with Crippen LogP contribution in [0.15, 0.2) is 28.7 Å². The van der Waals surface area contributed by atoms with E-state index in [-0.39, 0.29) is 6.04 Å². The number of likely N-dealkylation sites (tertiary alicyclic amines) is 1. The van der Waals surface area contributed by atoms with Crippen LogP contribution in [-0.2, 0) is 0 Å². The summed E-state index contributed by atoms with van der Waals surface area (Å²) < 4.78 is 1.13. The first-order chi connectivity index (χ1) is 9.08. The molecule has 1 saturated heterocycles. The molecule has 2 nitrogen and oxygen atoms in total. The van der Waals surface area contributed by atoms with Crippen molar-refractivity contribution in [3.8, 4) is 0 Å². The van der Waals surface area contributed by atoms with Crippen molar-refractivity contribution in [1.29, 1.82) is 0 Å². The molecule has 106 valence electrons. The number of piperidine rings is 1. The lowest BCUT2D eigenvalue weighted by Crippen LogP contribution is -2.41. The fraction of sp³-hybridized carbons (Fsp3) is 0.625. The topological polar surface area (TPSA) is 29.3 Å². The summed E-state index contributed by atoms with van der Waals surface area (Å²) >= 11 is 3.59. The van der Waals surface area contributed by atoms with Gasteiger partial charge in [0.15, 0.2) is 0 Å². The third kappa shape index (κ3) is 4.04. The Morgan fingerprint density at radius 3 is 2.79 bits per heavy atom. The molecule has 0 amide bonds. The molecule has 0 radical (unpaired) electrons. The maximum absolute atomic E-state index is 6.33. The lowest BCUT2D eigenvalue weighted by atomic mass is 9.93. The molecular formula is C16H25BrN2. The molecule has 1 aromatic rings. The normalized spacial score (nSPS) is 26.3. The Morgan fingerprint density at radius 2 is 2.11 bits per heavy atom. The minimum atomic E-state index is 0.127. The Morgan fingerprint density at radius 1 is 1.37 bits per heavy atom. The van der Waals surface area contributed by atoms with Crippen molar-refractivity contribution in [1.82, 2.24) is 4.90 Å². The number of benzene rings is 1. The molecule has 3 unspecified atom stereocenters. The average Bonchev–Trinajstić information content (AvgIpc) is 2.38. The summed E-state index contributed by atoms with van der Waals surface area (Å²) in [7, 11) is 0. The van der Waals surface area contributed by atoms with Gasteiger partial charge in [-0.3, -0.25) is 0 Å². The van der Waals surface area contributed by atoms with Gasteiger partial charge in [-0.2, -0.15) is 0 Å². The fourth-order valence-corrected chi connectivity index (χ4v) is 3.60. The van der Waals surface area contributed by atoms with E-state index in [2.05, 4.69) is 52.9 Å². The van der Waals surface area contributed by atoms with Gasteiger partial charge in [0, 0.05) is 23.1 Å². The van der Waals surface area contributed by atoms with Gasteiger partial charge in [-0.1, -0.05) is 41.1 Å². The summed E-state index contributed by atoms with van der Waals surface area (Å²) in [6.07, 6.45) is 3.68. The maximum atomic E-state index is 6.33. The molecule has 0 bridgehead atoms. The molecule has 0 spiro atoms. The van der Waals surface area contributed by atoms with Crippen molar-refractivity contribution in [2.45, 2.75) is 45.2 Å². The summed E-state index contributed by atoms with van der Waals surface area (Å²) in [5, 5.41) is 0. The summed E-state index contributed by atoms with van der Waals surface area (Å²) in [6.45, 7) is 7.04. The highest BCUT2D eigenvalue weighted by atomic mass is 79.9. The molecule has 1 heterocycles. The Labute approximate surface area is 125 Å². The molecule has 0 aromatic heterocycles. The standard InChI is InChI=1S/C16H25BrN2/c1-12-7-9-19(13(2)11-12)10-8-16(18)14-5-3-4-6-15(14)17/h3-6,12-13,16H,7-11,18H2,1-2H3. The quantitative estimate of drug-likeness (QED) is 0.908. The van der Waals surface area contributed by atoms with Crippen LogP contribution in [0.3, 0.4) is 0 Å². The van der Waals surface area contributed by atoms with Gasteiger partial charge < -0.3 is 10.6 Å². The van der Waals surface area contributed by atoms with Crippen LogP contribution < -0.4 is 5.73 Å². The lowest BCUT2D eigenvalue weighted by molar-refractivity contribution is 0.125. The van der Waals surface area contributed by atoms with Gasteiger partial charge in [0.25, 0.3) is 0 Å². The van der Waals surface area contributed by atoms with Crippen molar-refractivity contribution < 1.29 is 0 Å². The first kappa shape index (κ1) is 15.0. The molecule has 1 aliphatic heterocycles. The van der Waals surface area contributed by atoms with Crippen LogP contribution in [0.4, 0.5) is 0 Å². The van der Waals surface area contributed by atoms with E-state index in [1.54, 1.807) is 0 Å². The largest absolute Gasteiger partial charge is 0.324 e. The van der Waals surface area contributed by atoms with E-state index in [1.807, 2.05) is 6.07 Å². The van der Waals surface area contributed by atoms with Crippen molar-refractivity contribution in [3.05, 3.63) is 34.3 Å². The summed E-state index contributed by atoms with van der Waals surface area (Å²) in [5.74, 6) is 0.878. The SMILES string of the molecule is CC1CCN(CCC(N)c2ccccc2Br)C(C)C1. The highest BCUT2D eigenvalue weighted by Gasteiger charge is 2.23. The first-order valence-electron chi connectivity index (χ1n) is 7.32. The van der Waals surface area contributed by atoms with E-state index in [1.165, 1.54) is 24.9 Å². The maximum Gasteiger partial charge on any atom is 0.0318 e. The predicted octanol–water partition coefficient (Wildman–Crippen LogP) is 3.96. The van der Waals surface area contributed by atoms with E-state index < -0.39 is 0 Å². The number of nitrogens with two attached hydrogens (primary N) is 1. The van der Waals surface area contributed by atoms with Gasteiger partial charge in [0.05, 0.1) is 0 Å². The third-order valence-electron chi connectivity index (χ3n) is 4.31. The van der Waals surface area contributed by atoms with Gasteiger partial charge in [-0.25, -0.2) is 0 Å². The second-order valence-corrected chi connectivity index (χ2v) is 6.79. The molecule has 3 atom stereocenters. The molecule has 3 heteroatoms. The van der Waals surface area contributed by atoms with Crippen LogP contribution in [0.5, 0.6) is 0 Å². The van der Waals surface area contributed by atoms with Gasteiger partial charge in [-0.15, -0.1) is 0 Å². The number of halogens is 1. The van der Waals surface area contributed by atoms with Crippen LogP contribution in [0.1, 0.15) is 44.7 Å². The number of hydrogen-bond acceptors (Lipinski definition) is 2. The highest BCUT2D eigenvalue weighted by molar-refractivity contribution is 9.10. The summed E-state index contributed by atoms with van der Waals surface area (Å²) in [6, 6.07) is 9.12. The Kier molecular flexibility index (Phi) is 5.43. The van der Waals surface area contributed by atoms with Gasteiger partial charge in [0.1, 0.15) is 0 Å². The molecule has 0 aliphatic carbocycles. The Hall–Kier alpha value is -0.380. The van der Waals surface area contributed by atoms with Gasteiger partial charge in [0.2, 0.25) is 0 Å². The molecule has 1 aromatic carbocycles. The molecular weight excluding hydrogens is 300 g/mol. The zero-order chi connectivity index (χ0) is 13.8. The second kappa shape index (κ2) is 6.87. The zero-order valence-electron chi connectivity index (χ0n) is 12.0. The van der Waals surface area contributed by atoms with Crippen LogP contribution in [-0.4, -0.2) is 24.0 Å².